The summed E-state index contributed by atoms with van der Waals surface area (Å²) in [6.45, 7) is 10.6. The van der Waals surface area contributed by atoms with Crippen LogP contribution in [-0.2, 0) is 0 Å². The minimum atomic E-state index is -0.404. The lowest BCUT2D eigenvalue weighted by Crippen LogP contribution is -2.60. The maximum Gasteiger partial charge on any atom is 0.353 e. The molecule has 2 aliphatic heterocycles. The van der Waals surface area contributed by atoms with E-state index in [1.54, 1.807) is 18.2 Å². The number of benzene rings is 1. The lowest BCUT2D eigenvalue weighted by Gasteiger charge is -2.46. The highest BCUT2D eigenvalue weighted by molar-refractivity contribution is 5.71. The highest BCUT2D eigenvalue weighted by Crippen LogP contribution is 2.36. The van der Waals surface area contributed by atoms with Gasteiger partial charge in [-0.25, -0.2) is 14.4 Å². The average molecular weight is 458 g/mol. The second kappa shape index (κ2) is 8.74. The number of hydrogen-bond donors (Lipinski definition) is 2. The summed E-state index contributed by atoms with van der Waals surface area (Å²) in [5, 5.41) is 19.1. The number of rotatable bonds is 5. The summed E-state index contributed by atoms with van der Waals surface area (Å²) in [5.74, 6) is 0.288. The molecule has 0 amide bonds. The van der Waals surface area contributed by atoms with E-state index >= 15 is 0 Å². The number of aromatic nitrogens is 2. The molecule has 10 heteroatoms. The number of piperazine rings is 1. The molecule has 2 N–H and O–H groups in total. The second-order valence-electron chi connectivity index (χ2n) is 10.2. The van der Waals surface area contributed by atoms with E-state index in [9.17, 15) is 14.5 Å². The minimum absolute atomic E-state index is 0.0376. The van der Waals surface area contributed by atoms with Gasteiger partial charge in [0.15, 0.2) is 0 Å². The SMILES string of the molecule is CC1(C)CC(Nc2ncnc(N3CCN(c4ccccc4F)CC3)c2[N+](=O)[O-])CC(C)(C)N1. The number of anilines is 3. The fourth-order valence-electron chi connectivity index (χ4n) is 5.36. The van der Waals surface area contributed by atoms with Crippen LogP contribution >= 0.6 is 0 Å². The van der Waals surface area contributed by atoms with E-state index in [0.717, 1.165) is 12.8 Å². The first-order valence-electron chi connectivity index (χ1n) is 11.3. The predicted octanol–water partition coefficient (Wildman–Crippen LogP) is 3.57. The molecule has 0 atom stereocenters. The molecule has 4 rings (SSSR count). The normalized spacial score (nSPS) is 20.5. The van der Waals surface area contributed by atoms with E-state index in [0.29, 0.717) is 37.7 Å². The minimum Gasteiger partial charge on any atom is -0.366 e. The Morgan fingerprint density at radius 1 is 1.06 bits per heavy atom. The first-order valence-corrected chi connectivity index (χ1v) is 11.3. The lowest BCUT2D eigenvalue weighted by atomic mass is 9.79. The van der Waals surface area contributed by atoms with Crippen molar-refractivity contribution in [3.05, 3.63) is 46.5 Å². The van der Waals surface area contributed by atoms with Gasteiger partial charge in [-0.2, -0.15) is 0 Å². The van der Waals surface area contributed by atoms with Crippen LogP contribution < -0.4 is 20.4 Å². The van der Waals surface area contributed by atoms with E-state index in [2.05, 4.69) is 48.3 Å². The van der Waals surface area contributed by atoms with Crippen LogP contribution in [0.4, 0.5) is 27.4 Å². The smallest absolute Gasteiger partial charge is 0.353 e. The molecule has 2 fully saturated rings. The largest absolute Gasteiger partial charge is 0.366 e. The fraction of sp³-hybridized carbons (Fsp3) is 0.565. The van der Waals surface area contributed by atoms with Crippen molar-refractivity contribution in [3.63, 3.8) is 0 Å². The molecule has 1 aromatic heterocycles. The Morgan fingerprint density at radius 3 is 2.27 bits per heavy atom. The summed E-state index contributed by atoms with van der Waals surface area (Å²) >= 11 is 0. The fourth-order valence-corrected chi connectivity index (χ4v) is 5.36. The zero-order valence-corrected chi connectivity index (χ0v) is 19.6. The summed E-state index contributed by atoms with van der Waals surface area (Å²) < 4.78 is 14.2. The Kier molecular flexibility index (Phi) is 6.13. The van der Waals surface area contributed by atoms with Crippen LogP contribution in [0.15, 0.2) is 30.6 Å². The van der Waals surface area contributed by atoms with Gasteiger partial charge in [0.2, 0.25) is 11.6 Å². The number of nitrogens with one attached hydrogen (secondary N) is 2. The van der Waals surface area contributed by atoms with Crippen molar-refractivity contribution in [1.82, 2.24) is 15.3 Å². The monoisotopic (exact) mass is 457 g/mol. The maximum absolute atomic E-state index is 14.2. The molecule has 0 spiro atoms. The van der Waals surface area contributed by atoms with Crippen molar-refractivity contribution >= 4 is 23.0 Å². The average Bonchev–Trinajstić information content (AvgIpc) is 2.71. The van der Waals surface area contributed by atoms with Gasteiger partial charge in [0.1, 0.15) is 12.1 Å². The van der Waals surface area contributed by atoms with Crippen LogP contribution in [0.3, 0.4) is 0 Å². The molecule has 0 radical (unpaired) electrons. The van der Waals surface area contributed by atoms with Crippen LogP contribution in [0.1, 0.15) is 40.5 Å². The molecule has 2 aliphatic rings. The third kappa shape index (κ3) is 5.16. The van der Waals surface area contributed by atoms with Gasteiger partial charge in [-0.1, -0.05) is 12.1 Å². The zero-order valence-electron chi connectivity index (χ0n) is 19.6. The molecule has 1 aromatic carbocycles. The summed E-state index contributed by atoms with van der Waals surface area (Å²) in [4.78, 5) is 24.1. The number of halogens is 1. The standard InChI is InChI=1S/C23H32FN7O2/c1-22(2)13-16(14-23(3,4)28-22)27-20-19(31(32)33)21(26-15-25-20)30-11-9-29(10-12-30)18-8-6-5-7-17(18)24/h5-8,15-16,28H,9-14H2,1-4H3,(H,25,26,27). The Bertz CT molecular complexity index is 1010. The third-order valence-corrected chi connectivity index (χ3v) is 6.29. The first-order chi connectivity index (χ1) is 15.5. The summed E-state index contributed by atoms with van der Waals surface area (Å²) in [7, 11) is 0. The number of hydrogen-bond acceptors (Lipinski definition) is 8. The highest BCUT2D eigenvalue weighted by Gasteiger charge is 2.39. The van der Waals surface area contributed by atoms with Crippen LogP contribution in [0.5, 0.6) is 0 Å². The van der Waals surface area contributed by atoms with Gasteiger partial charge < -0.3 is 20.4 Å². The van der Waals surface area contributed by atoms with Crippen molar-refractivity contribution in [2.24, 2.45) is 0 Å². The lowest BCUT2D eigenvalue weighted by molar-refractivity contribution is -0.383. The van der Waals surface area contributed by atoms with Gasteiger partial charge in [-0.15, -0.1) is 0 Å². The molecule has 2 aromatic rings. The molecule has 0 saturated carbocycles. The van der Waals surface area contributed by atoms with E-state index in [1.165, 1.54) is 12.4 Å². The molecule has 9 nitrogen and oxygen atoms in total. The van der Waals surface area contributed by atoms with Crippen LogP contribution in [0.2, 0.25) is 0 Å². The van der Waals surface area contributed by atoms with Gasteiger partial charge in [0, 0.05) is 43.3 Å². The van der Waals surface area contributed by atoms with Crippen molar-refractivity contribution in [2.45, 2.75) is 57.7 Å². The van der Waals surface area contributed by atoms with Gasteiger partial charge in [-0.05, 0) is 52.7 Å². The van der Waals surface area contributed by atoms with Gasteiger partial charge in [-0.3, -0.25) is 10.1 Å². The molecule has 3 heterocycles. The van der Waals surface area contributed by atoms with Gasteiger partial charge in [0.25, 0.3) is 0 Å². The van der Waals surface area contributed by atoms with Crippen molar-refractivity contribution in [2.75, 3.05) is 41.3 Å². The molecule has 0 aliphatic carbocycles. The molecule has 0 bridgehead atoms. The molecule has 0 unspecified atom stereocenters. The number of para-hydroxylation sites is 1. The Labute approximate surface area is 193 Å². The number of piperidine rings is 1. The highest BCUT2D eigenvalue weighted by atomic mass is 19.1. The molecular formula is C23H32FN7O2. The van der Waals surface area contributed by atoms with Crippen LogP contribution in [-0.4, -0.2) is 58.2 Å². The second-order valence-corrected chi connectivity index (χ2v) is 10.2. The van der Waals surface area contributed by atoms with E-state index < -0.39 is 4.92 Å². The Hall–Kier alpha value is -3.01. The third-order valence-electron chi connectivity index (χ3n) is 6.29. The maximum atomic E-state index is 14.2. The molecule has 2 saturated heterocycles. The van der Waals surface area contributed by atoms with Gasteiger partial charge >= 0.3 is 5.69 Å². The quantitative estimate of drug-likeness (QED) is 0.519. The van der Waals surface area contributed by atoms with E-state index in [1.807, 2.05) is 9.80 Å². The van der Waals surface area contributed by atoms with Crippen molar-refractivity contribution < 1.29 is 9.31 Å². The van der Waals surface area contributed by atoms with Crippen LogP contribution in [0, 0.1) is 15.9 Å². The first kappa shape index (κ1) is 23.2. The van der Waals surface area contributed by atoms with E-state index in [-0.39, 0.29) is 34.4 Å². The number of nitrogens with zero attached hydrogens (tertiary/aromatic N) is 5. The van der Waals surface area contributed by atoms with Crippen molar-refractivity contribution in [3.8, 4) is 0 Å². The summed E-state index contributed by atoms with van der Waals surface area (Å²) in [5.41, 5.74) is 0.235. The summed E-state index contributed by atoms with van der Waals surface area (Å²) in [6, 6.07) is 6.70. The van der Waals surface area contributed by atoms with Crippen molar-refractivity contribution in [1.29, 1.82) is 0 Å². The Morgan fingerprint density at radius 2 is 1.67 bits per heavy atom. The predicted molar refractivity (Wildman–Crippen MR) is 127 cm³/mol. The molecule has 33 heavy (non-hydrogen) atoms. The Balaban J connectivity index is 1.54. The molecule has 178 valence electrons. The van der Waals surface area contributed by atoms with Gasteiger partial charge in [0.05, 0.1) is 10.6 Å². The van der Waals surface area contributed by atoms with Crippen LogP contribution in [0.25, 0.3) is 0 Å². The topological polar surface area (TPSA) is 99.5 Å². The zero-order chi connectivity index (χ0) is 23.8. The number of nitro groups is 1. The van der Waals surface area contributed by atoms with E-state index in [4.69, 9.17) is 0 Å². The molecular weight excluding hydrogens is 425 g/mol. The summed E-state index contributed by atoms with van der Waals surface area (Å²) in [6.07, 6.45) is 3.01.